The molecule has 4 atom stereocenters. The molecule has 3 aliphatic heterocycles. The molecule has 1 saturated carbocycles. The molecule has 1 aromatic heterocycles. The number of amides is 2. The van der Waals surface area contributed by atoms with Crippen LogP contribution in [0, 0.1) is 18.8 Å². The molecule has 0 unspecified atom stereocenters. The lowest BCUT2D eigenvalue weighted by Gasteiger charge is -2.23. The first-order valence-corrected chi connectivity index (χ1v) is 8.00. The van der Waals surface area contributed by atoms with Crippen LogP contribution in [-0.2, 0) is 14.3 Å². The summed E-state index contributed by atoms with van der Waals surface area (Å²) in [5, 5.41) is 6.94. The van der Waals surface area contributed by atoms with E-state index in [1.54, 1.807) is 17.9 Å². The number of fused-ring (bicyclic) bond motifs is 1. The molecule has 0 aromatic carbocycles. The van der Waals surface area contributed by atoms with E-state index in [0.717, 1.165) is 12.8 Å². The zero-order chi connectivity index (χ0) is 15.8. The topological polar surface area (TPSA) is 84.7 Å². The van der Waals surface area contributed by atoms with E-state index in [1.165, 1.54) is 0 Å². The summed E-state index contributed by atoms with van der Waals surface area (Å²) in [4.78, 5) is 27.1. The van der Waals surface area contributed by atoms with Gasteiger partial charge in [0.2, 0.25) is 11.8 Å². The molecule has 2 bridgehead atoms. The van der Waals surface area contributed by atoms with Crippen LogP contribution in [0.1, 0.15) is 18.6 Å². The fourth-order valence-electron chi connectivity index (χ4n) is 4.00. The third kappa shape index (κ3) is 1.77. The standard InChI is InChI=1S/C16H17N3O4/c1-8-6-11(18-23-8)19-7-16-5-4-10(22-16)12(13(16)15(19)21)14(20)17-9-2-3-9/h4-6,9-10,12-13H,2-3,7H2,1H3,(H,17,20)/t10-,12+,13-,16-/m1/s1. The van der Waals surface area contributed by atoms with Crippen LogP contribution < -0.4 is 10.2 Å². The largest absolute Gasteiger partial charge is 0.360 e. The second-order valence-corrected chi connectivity index (χ2v) is 6.90. The van der Waals surface area contributed by atoms with Gasteiger partial charge in [-0.3, -0.25) is 14.5 Å². The third-order valence-corrected chi connectivity index (χ3v) is 5.22. The number of ether oxygens (including phenoxy) is 1. The Morgan fingerprint density at radius 1 is 1.48 bits per heavy atom. The lowest BCUT2D eigenvalue weighted by molar-refractivity contribution is -0.132. The van der Waals surface area contributed by atoms with Crippen LogP contribution in [0.3, 0.4) is 0 Å². The van der Waals surface area contributed by atoms with Crippen molar-refractivity contribution in [2.24, 2.45) is 11.8 Å². The van der Waals surface area contributed by atoms with Gasteiger partial charge in [-0.05, 0) is 19.8 Å². The van der Waals surface area contributed by atoms with Crippen LogP contribution in [0.2, 0.25) is 0 Å². The van der Waals surface area contributed by atoms with Gasteiger partial charge in [0, 0.05) is 12.1 Å². The summed E-state index contributed by atoms with van der Waals surface area (Å²) < 4.78 is 11.1. The number of carbonyl (C=O) groups excluding carboxylic acids is 2. The summed E-state index contributed by atoms with van der Waals surface area (Å²) in [5.41, 5.74) is -0.708. The third-order valence-electron chi connectivity index (χ3n) is 5.22. The Morgan fingerprint density at radius 2 is 2.30 bits per heavy atom. The minimum absolute atomic E-state index is 0.0692. The van der Waals surface area contributed by atoms with E-state index in [4.69, 9.17) is 9.26 Å². The fourth-order valence-corrected chi connectivity index (χ4v) is 4.00. The van der Waals surface area contributed by atoms with Crippen LogP contribution in [0.25, 0.3) is 0 Å². The van der Waals surface area contributed by atoms with Crippen LogP contribution in [0.5, 0.6) is 0 Å². The van der Waals surface area contributed by atoms with Crippen LogP contribution in [-0.4, -0.2) is 41.3 Å². The first-order chi connectivity index (χ1) is 11.1. The van der Waals surface area contributed by atoms with E-state index in [0.29, 0.717) is 18.1 Å². The quantitative estimate of drug-likeness (QED) is 0.823. The number of hydrogen-bond donors (Lipinski definition) is 1. The van der Waals surface area contributed by atoms with Gasteiger partial charge >= 0.3 is 0 Å². The molecule has 2 amide bonds. The predicted octanol–water partition coefficient (Wildman–Crippen LogP) is 0.548. The number of nitrogens with zero attached hydrogens (tertiary/aromatic N) is 2. The number of nitrogens with one attached hydrogen (secondary N) is 1. The van der Waals surface area contributed by atoms with Gasteiger partial charge in [-0.25, -0.2) is 0 Å². The van der Waals surface area contributed by atoms with Crippen molar-refractivity contribution in [2.45, 2.75) is 37.5 Å². The van der Waals surface area contributed by atoms with Crippen molar-refractivity contribution in [1.82, 2.24) is 10.5 Å². The van der Waals surface area contributed by atoms with E-state index in [2.05, 4.69) is 10.5 Å². The Hall–Kier alpha value is -2.15. The molecule has 7 nitrogen and oxygen atoms in total. The lowest BCUT2D eigenvalue weighted by Crippen LogP contribution is -2.44. The molecule has 23 heavy (non-hydrogen) atoms. The van der Waals surface area contributed by atoms with Gasteiger partial charge in [-0.1, -0.05) is 17.3 Å². The number of anilines is 1. The van der Waals surface area contributed by atoms with Crippen LogP contribution >= 0.6 is 0 Å². The molecule has 7 heteroatoms. The second-order valence-electron chi connectivity index (χ2n) is 6.90. The van der Waals surface area contributed by atoms with E-state index >= 15 is 0 Å². The number of hydrogen-bond acceptors (Lipinski definition) is 5. The fraction of sp³-hybridized carbons (Fsp3) is 0.562. The highest BCUT2D eigenvalue weighted by Gasteiger charge is 2.67. The molecule has 1 N–H and O–H groups in total. The van der Waals surface area contributed by atoms with E-state index in [-0.39, 0.29) is 24.0 Å². The number of carbonyl (C=O) groups is 2. The minimum Gasteiger partial charge on any atom is -0.360 e. The van der Waals surface area contributed by atoms with Crippen molar-refractivity contribution in [3.8, 4) is 0 Å². The highest BCUT2D eigenvalue weighted by atomic mass is 16.5. The predicted molar refractivity (Wildman–Crippen MR) is 78.5 cm³/mol. The van der Waals surface area contributed by atoms with Gasteiger partial charge in [0.15, 0.2) is 5.82 Å². The van der Waals surface area contributed by atoms with Gasteiger partial charge in [0.1, 0.15) is 11.4 Å². The molecule has 4 heterocycles. The summed E-state index contributed by atoms with van der Waals surface area (Å²) in [7, 11) is 0. The lowest BCUT2D eigenvalue weighted by atomic mass is 9.77. The number of rotatable bonds is 3. The zero-order valence-electron chi connectivity index (χ0n) is 12.7. The first-order valence-electron chi connectivity index (χ1n) is 8.00. The maximum atomic E-state index is 12.9. The Kier molecular flexibility index (Phi) is 2.44. The monoisotopic (exact) mass is 315 g/mol. The minimum atomic E-state index is -0.708. The van der Waals surface area contributed by atoms with Crippen LogP contribution in [0.4, 0.5) is 5.82 Å². The Balaban J connectivity index is 1.48. The summed E-state index contributed by atoms with van der Waals surface area (Å²) in [5.74, 6) is 0.0185. The number of aromatic nitrogens is 1. The summed E-state index contributed by atoms with van der Waals surface area (Å²) in [6, 6.07) is 2.00. The molecule has 3 fully saturated rings. The van der Waals surface area contributed by atoms with Gasteiger partial charge < -0.3 is 14.6 Å². The summed E-state index contributed by atoms with van der Waals surface area (Å²) in [6.07, 6.45) is 5.60. The summed E-state index contributed by atoms with van der Waals surface area (Å²) in [6.45, 7) is 2.16. The maximum Gasteiger partial charge on any atom is 0.235 e. The molecule has 4 aliphatic rings. The molecular formula is C16H17N3O4. The molecular weight excluding hydrogens is 298 g/mol. The van der Waals surface area contributed by atoms with Crippen molar-refractivity contribution >= 4 is 17.6 Å². The highest BCUT2D eigenvalue weighted by molar-refractivity contribution is 6.02. The summed E-state index contributed by atoms with van der Waals surface area (Å²) >= 11 is 0. The SMILES string of the molecule is Cc1cc(N2C[C@@]34C=C[C@@H](O3)[C@H](C(=O)NC3CC3)[C@@H]4C2=O)no1. The van der Waals surface area contributed by atoms with Crippen molar-refractivity contribution in [2.75, 3.05) is 11.4 Å². The molecule has 5 rings (SSSR count). The van der Waals surface area contributed by atoms with E-state index in [9.17, 15) is 9.59 Å². The van der Waals surface area contributed by atoms with Gasteiger partial charge in [0.25, 0.3) is 0 Å². The molecule has 120 valence electrons. The molecule has 2 saturated heterocycles. The normalized spacial score (nSPS) is 37.5. The van der Waals surface area contributed by atoms with Crippen LogP contribution in [0.15, 0.2) is 22.7 Å². The maximum absolute atomic E-state index is 12.9. The van der Waals surface area contributed by atoms with Crippen molar-refractivity contribution < 1.29 is 18.8 Å². The van der Waals surface area contributed by atoms with Gasteiger partial charge in [0.05, 0.1) is 24.5 Å². The van der Waals surface area contributed by atoms with Crippen molar-refractivity contribution in [3.63, 3.8) is 0 Å². The second kappa shape index (κ2) is 4.23. The average molecular weight is 315 g/mol. The molecule has 1 aromatic rings. The van der Waals surface area contributed by atoms with E-state index in [1.807, 2.05) is 12.2 Å². The van der Waals surface area contributed by atoms with Gasteiger partial charge in [-0.2, -0.15) is 0 Å². The van der Waals surface area contributed by atoms with E-state index < -0.39 is 17.4 Å². The van der Waals surface area contributed by atoms with Crippen molar-refractivity contribution in [1.29, 1.82) is 0 Å². The number of aryl methyl sites for hydroxylation is 1. The zero-order valence-corrected chi connectivity index (χ0v) is 12.7. The molecule has 0 radical (unpaired) electrons. The highest BCUT2D eigenvalue weighted by Crippen LogP contribution is 2.52. The van der Waals surface area contributed by atoms with Gasteiger partial charge in [-0.15, -0.1) is 0 Å². The Labute approximate surface area is 132 Å². The first kappa shape index (κ1) is 13.3. The molecule has 1 aliphatic carbocycles. The Bertz CT molecular complexity index is 737. The average Bonchev–Trinajstić information content (AvgIpc) is 2.87. The Morgan fingerprint density at radius 3 is 3.00 bits per heavy atom. The smallest absolute Gasteiger partial charge is 0.235 e. The molecule has 1 spiro atoms. The van der Waals surface area contributed by atoms with Crippen molar-refractivity contribution in [3.05, 3.63) is 24.0 Å².